The third-order valence-corrected chi connectivity index (χ3v) is 2.97. The molecular weight excluding hydrogens is 272 g/mol. The monoisotopic (exact) mass is 290 g/mol. The average molecular weight is 290 g/mol. The summed E-state index contributed by atoms with van der Waals surface area (Å²) in [4.78, 5) is 11.1. The number of nitrogens with zero attached hydrogens (tertiary/aromatic N) is 2. The van der Waals surface area contributed by atoms with Crippen LogP contribution in [0.25, 0.3) is 11.3 Å². The highest BCUT2D eigenvalue weighted by molar-refractivity contribution is 5.85. The molecule has 1 aromatic carbocycles. The predicted molar refractivity (Wildman–Crippen MR) is 78.0 cm³/mol. The molecule has 6 nitrogen and oxygen atoms in total. The largest absolute Gasteiger partial charge is 0.493 e. The van der Waals surface area contributed by atoms with Crippen molar-refractivity contribution in [2.75, 3.05) is 27.4 Å². The number of carbonyl (C=O) groups is 1. The zero-order chi connectivity index (χ0) is 15.2. The molecule has 0 saturated heterocycles. The second-order valence-electron chi connectivity index (χ2n) is 4.43. The molecule has 0 spiro atoms. The number of carbonyl (C=O) groups excluding carboxylic acids is 1. The number of aldehydes is 1. The van der Waals surface area contributed by atoms with Gasteiger partial charge in [-0.05, 0) is 18.2 Å². The highest BCUT2D eigenvalue weighted by Crippen LogP contribution is 2.32. The number of rotatable bonds is 7. The maximum absolute atomic E-state index is 11.1. The fourth-order valence-electron chi connectivity index (χ4n) is 1.99. The van der Waals surface area contributed by atoms with E-state index in [9.17, 15) is 4.79 Å². The van der Waals surface area contributed by atoms with Crippen LogP contribution in [0.5, 0.6) is 11.5 Å². The molecule has 0 bridgehead atoms. The standard InChI is InChI=1S/C15H18N2O4/c1-17-9-12(10-18)15(16-17)11-4-5-13(14(8-11)20-3)21-7-6-19-2/h4-5,8-10H,6-7H2,1-3H3. The molecule has 0 unspecified atom stereocenters. The Labute approximate surface area is 123 Å². The number of hydrogen-bond donors (Lipinski definition) is 0. The van der Waals surface area contributed by atoms with Crippen molar-refractivity contribution in [1.82, 2.24) is 9.78 Å². The smallest absolute Gasteiger partial charge is 0.161 e. The Kier molecular flexibility index (Phi) is 4.94. The molecule has 0 atom stereocenters. The Morgan fingerprint density at radius 3 is 2.71 bits per heavy atom. The molecule has 0 aliphatic rings. The average Bonchev–Trinajstić information content (AvgIpc) is 2.88. The first-order valence-corrected chi connectivity index (χ1v) is 6.48. The van der Waals surface area contributed by atoms with Crippen LogP contribution >= 0.6 is 0 Å². The first kappa shape index (κ1) is 15.1. The molecule has 0 radical (unpaired) electrons. The van der Waals surface area contributed by atoms with Gasteiger partial charge < -0.3 is 14.2 Å². The van der Waals surface area contributed by atoms with Crippen LogP contribution in [-0.4, -0.2) is 43.5 Å². The van der Waals surface area contributed by atoms with Crippen LogP contribution in [0.4, 0.5) is 0 Å². The van der Waals surface area contributed by atoms with Gasteiger partial charge in [0.2, 0.25) is 0 Å². The van der Waals surface area contributed by atoms with Gasteiger partial charge in [-0.2, -0.15) is 5.10 Å². The Balaban J connectivity index is 2.31. The van der Waals surface area contributed by atoms with Crippen molar-refractivity contribution in [1.29, 1.82) is 0 Å². The highest BCUT2D eigenvalue weighted by Gasteiger charge is 2.13. The second-order valence-corrected chi connectivity index (χ2v) is 4.43. The van der Waals surface area contributed by atoms with Crippen molar-refractivity contribution < 1.29 is 19.0 Å². The van der Waals surface area contributed by atoms with Gasteiger partial charge in [0.25, 0.3) is 0 Å². The van der Waals surface area contributed by atoms with Gasteiger partial charge in [-0.15, -0.1) is 0 Å². The van der Waals surface area contributed by atoms with Gasteiger partial charge in [-0.3, -0.25) is 9.48 Å². The van der Waals surface area contributed by atoms with E-state index in [-0.39, 0.29) is 0 Å². The number of aryl methyl sites for hydroxylation is 1. The molecule has 1 heterocycles. The molecule has 1 aromatic heterocycles. The fraction of sp³-hybridized carbons (Fsp3) is 0.333. The summed E-state index contributed by atoms with van der Waals surface area (Å²) in [5.41, 5.74) is 1.95. The molecule has 0 aliphatic heterocycles. The van der Waals surface area contributed by atoms with E-state index in [0.29, 0.717) is 36.0 Å². The summed E-state index contributed by atoms with van der Waals surface area (Å²) in [6.07, 6.45) is 2.47. The zero-order valence-corrected chi connectivity index (χ0v) is 12.3. The van der Waals surface area contributed by atoms with E-state index in [0.717, 1.165) is 11.8 Å². The molecule has 112 valence electrons. The zero-order valence-electron chi connectivity index (χ0n) is 12.3. The minimum Gasteiger partial charge on any atom is -0.493 e. The Bertz CT molecular complexity index is 622. The molecule has 0 aliphatic carbocycles. The first-order chi connectivity index (χ1) is 10.2. The molecule has 21 heavy (non-hydrogen) atoms. The topological polar surface area (TPSA) is 62.6 Å². The Morgan fingerprint density at radius 2 is 2.05 bits per heavy atom. The molecule has 0 amide bonds. The SMILES string of the molecule is COCCOc1ccc(-c2nn(C)cc2C=O)cc1OC. The Morgan fingerprint density at radius 1 is 1.24 bits per heavy atom. The van der Waals surface area contributed by atoms with E-state index in [1.807, 2.05) is 6.07 Å². The lowest BCUT2D eigenvalue weighted by molar-refractivity contribution is 0.112. The highest BCUT2D eigenvalue weighted by atomic mass is 16.5. The van der Waals surface area contributed by atoms with Gasteiger partial charge in [-0.1, -0.05) is 0 Å². The lowest BCUT2D eigenvalue weighted by Gasteiger charge is -2.11. The van der Waals surface area contributed by atoms with Crippen LogP contribution in [0, 0.1) is 0 Å². The fourth-order valence-corrected chi connectivity index (χ4v) is 1.99. The number of methoxy groups -OCH3 is 2. The maximum atomic E-state index is 11.1. The van der Waals surface area contributed by atoms with Crippen molar-refractivity contribution >= 4 is 6.29 Å². The molecule has 0 fully saturated rings. The predicted octanol–water partition coefficient (Wildman–Crippen LogP) is 1.93. The summed E-state index contributed by atoms with van der Waals surface area (Å²) in [7, 11) is 4.96. The third kappa shape index (κ3) is 3.41. The number of benzene rings is 1. The number of aromatic nitrogens is 2. The minimum absolute atomic E-state index is 0.440. The summed E-state index contributed by atoms with van der Waals surface area (Å²) in [6, 6.07) is 5.45. The quantitative estimate of drug-likeness (QED) is 0.576. The van der Waals surface area contributed by atoms with Crippen LogP contribution in [0.15, 0.2) is 24.4 Å². The molecule has 2 rings (SSSR count). The molecular formula is C15H18N2O4. The van der Waals surface area contributed by atoms with Gasteiger partial charge in [0.1, 0.15) is 12.3 Å². The normalized spacial score (nSPS) is 10.4. The van der Waals surface area contributed by atoms with Crippen LogP contribution in [0.1, 0.15) is 10.4 Å². The second kappa shape index (κ2) is 6.90. The summed E-state index contributed by atoms with van der Waals surface area (Å²) in [5.74, 6) is 1.22. The van der Waals surface area contributed by atoms with Gasteiger partial charge >= 0.3 is 0 Å². The van der Waals surface area contributed by atoms with Gasteiger partial charge in [0.15, 0.2) is 17.8 Å². The van der Waals surface area contributed by atoms with E-state index in [2.05, 4.69) is 5.10 Å². The summed E-state index contributed by atoms with van der Waals surface area (Å²) >= 11 is 0. The van der Waals surface area contributed by atoms with Crippen LogP contribution < -0.4 is 9.47 Å². The molecule has 6 heteroatoms. The van der Waals surface area contributed by atoms with Crippen molar-refractivity contribution in [2.45, 2.75) is 0 Å². The molecule has 2 aromatic rings. The lowest BCUT2D eigenvalue weighted by Crippen LogP contribution is -2.05. The van der Waals surface area contributed by atoms with Crippen LogP contribution in [0.2, 0.25) is 0 Å². The number of ether oxygens (including phenoxy) is 3. The van der Waals surface area contributed by atoms with Crippen molar-refractivity contribution in [3.05, 3.63) is 30.0 Å². The maximum Gasteiger partial charge on any atom is 0.161 e. The van der Waals surface area contributed by atoms with E-state index < -0.39 is 0 Å². The van der Waals surface area contributed by atoms with Crippen molar-refractivity contribution in [3.63, 3.8) is 0 Å². The van der Waals surface area contributed by atoms with E-state index in [1.54, 1.807) is 44.3 Å². The molecule has 0 saturated carbocycles. The lowest BCUT2D eigenvalue weighted by atomic mass is 10.1. The number of hydrogen-bond acceptors (Lipinski definition) is 5. The third-order valence-electron chi connectivity index (χ3n) is 2.97. The van der Waals surface area contributed by atoms with E-state index in [1.165, 1.54) is 0 Å². The van der Waals surface area contributed by atoms with Gasteiger partial charge in [-0.25, -0.2) is 0 Å². The Hall–Kier alpha value is -2.34. The summed E-state index contributed by atoms with van der Waals surface area (Å²) < 4.78 is 17.5. The van der Waals surface area contributed by atoms with Crippen molar-refractivity contribution in [2.24, 2.45) is 7.05 Å². The van der Waals surface area contributed by atoms with E-state index >= 15 is 0 Å². The first-order valence-electron chi connectivity index (χ1n) is 6.48. The molecule has 0 N–H and O–H groups in total. The van der Waals surface area contributed by atoms with Gasteiger partial charge in [0, 0.05) is 25.9 Å². The van der Waals surface area contributed by atoms with Crippen molar-refractivity contribution in [3.8, 4) is 22.8 Å². The van der Waals surface area contributed by atoms with E-state index in [4.69, 9.17) is 14.2 Å². The summed E-state index contributed by atoms with van der Waals surface area (Å²) in [6.45, 7) is 0.940. The minimum atomic E-state index is 0.440. The van der Waals surface area contributed by atoms with Crippen LogP contribution in [-0.2, 0) is 11.8 Å². The summed E-state index contributed by atoms with van der Waals surface area (Å²) in [5, 5.41) is 4.30. The van der Waals surface area contributed by atoms with Gasteiger partial charge in [0.05, 0.1) is 19.3 Å². The van der Waals surface area contributed by atoms with Crippen LogP contribution in [0.3, 0.4) is 0 Å².